The summed E-state index contributed by atoms with van der Waals surface area (Å²) in [7, 11) is 0. The summed E-state index contributed by atoms with van der Waals surface area (Å²) in [6.45, 7) is 5.17. The molecule has 0 radical (unpaired) electrons. The number of nitrogens with one attached hydrogen (secondary N) is 1. The van der Waals surface area contributed by atoms with Gasteiger partial charge in [0, 0.05) is 41.0 Å². The van der Waals surface area contributed by atoms with E-state index in [1.54, 1.807) is 0 Å². The van der Waals surface area contributed by atoms with Crippen LogP contribution in [0.4, 0.5) is 18.9 Å². The normalized spacial score (nSPS) is 14.5. The zero-order chi connectivity index (χ0) is 31.5. The number of benzene rings is 2. The fourth-order valence-corrected chi connectivity index (χ4v) is 5.16. The lowest BCUT2D eigenvalue weighted by molar-refractivity contribution is -0.122. The fraction of sp³-hybridized carbons (Fsp3) is 0.424. The van der Waals surface area contributed by atoms with Crippen molar-refractivity contribution in [1.82, 2.24) is 10.3 Å². The van der Waals surface area contributed by atoms with Gasteiger partial charge in [-0.1, -0.05) is 73.0 Å². The predicted molar refractivity (Wildman–Crippen MR) is 160 cm³/mol. The molecular formula is C33H35ClF3N3O4. The van der Waals surface area contributed by atoms with Crippen LogP contribution in [0.5, 0.6) is 0 Å². The highest BCUT2D eigenvalue weighted by Gasteiger charge is 2.49. The first-order chi connectivity index (χ1) is 20.9. The van der Waals surface area contributed by atoms with Crippen molar-refractivity contribution < 1.29 is 31.7 Å². The molecule has 0 aliphatic heterocycles. The maximum absolute atomic E-state index is 15.0. The minimum Gasteiger partial charge on any atom is -0.377 e. The second kappa shape index (κ2) is 13.2. The van der Waals surface area contributed by atoms with Crippen molar-refractivity contribution in [2.45, 2.75) is 77.2 Å². The van der Waals surface area contributed by atoms with Gasteiger partial charge in [-0.2, -0.15) is 8.78 Å². The Kier molecular flexibility index (Phi) is 9.51. The SMILES string of the molecule is CC(C)(C)C(F)(F)c1cc(-c2onc([C@@H](CCCOCc3ccccc3)CC(=O)Nc3ccc(Cl)cc3F)c2C2CC2)no1. The van der Waals surface area contributed by atoms with Crippen LogP contribution in [0.2, 0.25) is 5.02 Å². The molecule has 11 heteroatoms. The molecule has 2 heterocycles. The van der Waals surface area contributed by atoms with Crippen molar-refractivity contribution in [3.05, 3.63) is 88.0 Å². The molecule has 1 aliphatic carbocycles. The predicted octanol–water partition coefficient (Wildman–Crippen LogP) is 9.25. The Hall–Kier alpha value is -3.63. The van der Waals surface area contributed by atoms with Crippen molar-refractivity contribution in [2.75, 3.05) is 11.9 Å². The monoisotopic (exact) mass is 629 g/mol. The third kappa shape index (κ3) is 7.35. The van der Waals surface area contributed by atoms with E-state index >= 15 is 8.78 Å². The minimum atomic E-state index is -3.27. The second-order valence-electron chi connectivity index (χ2n) is 12.2. The number of carbonyl (C=O) groups is 1. The lowest BCUT2D eigenvalue weighted by Crippen LogP contribution is -2.30. The topological polar surface area (TPSA) is 90.4 Å². The van der Waals surface area contributed by atoms with Crippen LogP contribution in [0.25, 0.3) is 11.5 Å². The summed E-state index contributed by atoms with van der Waals surface area (Å²) in [6, 6.07) is 15.0. The molecule has 0 spiro atoms. The van der Waals surface area contributed by atoms with Crippen LogP contribution in [-0.2, 0) is 22.1 Å². The largest absolute Gasteiger partial charge is 0.377 e. The van der Waals surface area contributed by atoms with Gasteiger partial charge in [0.25, 0.3) is 0 Å². The molecule has 1 N–H and O–H groups in total. The number of rotatable bonds is 13. The number of carbonyl (C=O) groups excluding carboxylic acids is 1. The Morgan fingerprint density at radius 1 is 1.09 bits per heavy atom. The van der Waals surface area contributed by atoms with Crippen molar-refractivity contribution in [2.24, 2.45) is 5.41 Å². The molecule has 44 heavy (non-hydrogen) atoms. The molecule has 1 saturated carbocycles. The first-order valence-electron chi connectivity index (χ1n) is 14.7. The van der Waals surface area contributed by atoms with E-state index in [4.69, 9.17) is 25.4 Å². The zero-order valence-electron chi connectivity index (χ0n) is 24.8. The van der Waals surface area contributed by atoms with Crippen molar-refractivity contribution >= 4 is 23.2 Å². The quantitative estimate of drug-likeness (QED) is 0.148. The van der Waals surface area contributed by atoms with E-state index in [0.29, 0.717) is 31.7 Å². The van der Waals surface area contributed by atoms with Crippen LogP contribution in [0.3, 0.4) is 0 Å². The van der Waals surface area contributed by atoms with Crippen LogP contribution < -0.4 is 5.32 Å². The summed E-state index contributed by atoms with van der Waals surface area (Å²) in [5, 5.41) is 11.1. The summed E-state index contributed by atoms with van der Waals surface area (Å²) in [6.07, 6.45) is 2.83. The molecule has 7 nitrogen and oxygen atoms in total. The summed E-state index contributed by atoms with van der Waals surface area (Å²) < 4.78 is 61.1. The second-order valence-corrected chi connectivity index (χ2v) is 12.7. The molecule has 0 bridgehead atoms. The van der Waals surface area contributed by atoms with Gasteiger partial charge in [-0.05, 0) is 55.4 Å². The van der Waals surface area contributed by atoms with Gasteiger partial charge in [0.2, 0.25) is 11.7 Å². The third-order valence-corrected chi connectivity index (χ3v) is 7.95. The van der Waals surface area contributed by atoms with Crippen LogP contribution >= 0.6 is 11.6 Å². The molecule has 5 rings (SSSR count). The summed E-state index contributed by atoms with van der Waals surface area (Å²) in [4.78, 5) is 13.2. The maximum Gasteiger partial charge on any atom is 0.312 e. The van der Waals surface area contributed by atoms with Gasteiger partial charge in [0.05, 0.1) is 18.0 Å². The Morgan fingerprint density at radius 3 is 2.52 bits per heavy atom. The zero-order valence-corrected chi connectivity index (χ0v) is 25.6. The van der Waals surface area contributed by atoms with E-state index in [-0.39, 0.29) is 34.5 Å². The molecule has 0 saturated heterocycles. The van der Waals surface area contributed by atoms with Crippen LogP contribution in [-0.4, -0.2) is 22.8 Å². The van der Waals surface area contributed by atoms with E-state index in [1.165, 1.54) is 39.0 Å². The van der Waals surface area contributed by atoms with Gasteiger partial charge in [0.1, 0.15) is 5.82 Å². The Balaban J connectivity index is 1.38. The number of nitrogens with zero attached hydrogens (tertiary/aromatic N) is 2. The molecular weight excluding hydrogens is 595 g/mol. The van der Waals surface area contributed by atoms with Gasteiger partial charge >= 0.3 is 5.92 Å². The minimum absolute atomic E-state index is 0.0153. The summed E-state index contributed by atoms with van der Waals surface area (Å²) in [5.74, 6) is -4.95. The van der Waals surface area contributed by atoms with Crippen LogP contribution in [0, 0.1) is 11.2 Å². The average molecular weight is 630 g/mol. The van der Waals surface area contributed by atoms with Crippen LogP contribution in [0.1, 0.15) is 87.3 Å². The van der Waals surface area contributed by atoms with Crippen LogP contribution in [0.15, 0.2) is 63.6 Å². The number of hydrogen-bond donors (Lipinski definition) is 1. The molecule has 0 unspecified atom stereocenters. The van der Waals surface area contributed by atoms with Gasteiger partial charge in [0.15, 0.2) is 11.5 Å². The number of ether oxygens (including phenoxy) is 1. The Morgan fingerprint density at radius 2 is 1.84 bits per heavy atom. The number of aromatic nitrogens is 2. The van der Waals surface area contributed by atoms with Crippen molar-refractivity contribution in [3.63, 3.8) is 0 Å². The average Bonchev–Trinajstić information content (AvgIpc) is 3.51. The first-order valence-corrected chi connectivity index (χ1v) is 15.0. The third-order valence-electron chi connectivity index (χ3n) is 7.71. The lowest BCUT2D eigenvalue weighted by atomic mass is 9.86. The van der Waals surface area contributed by atoms with E-state index in [9.17, 15) is 9.18 Å². The Labute approximate surface area is 259 Å². The molecule has 2 aromatic carbocycles. The number of amides is 1. The number of halogens is 4. The number of anilines is 1. The van der Waals surface area contributed by atoms with E-state index < -0.39 is 34.7 Å². The summed E-state index contributed by atoms with van der Waals surface area (Å²) in [5.41, 5.74) is 1.11. The molecule has 1 aliphatic rings. The van der Waals surface area contributed by atoms with E-state index in [2.05, 4.69) is 15.6 Å². The maximum atomic E-state index is 15.0. The molecule has 1 amide bonds. The molecule has 1 fully saturated rings. The van der Waals surface area contributed by atoms with Crippen molar-refractivity contribution in [1.29, 1.82) is 0 Å². The smallest absolute Gasteiger partial charge is 0.312 e. The molecule has 4 aromatic rings. The highest BCUT2D eigenvalue weighted by molar-refractivity contribution is 6.30. The Bertz CT molecular complexity index is 1580. The van der Waals surface area contributed by atoms with Gasteiger partial charge in [-0.3, -0.25) is 4.79 Å². The highest BCUT2D eigenvalue weighted by Crippen LogP contribution is 2.50. The van der Waals surface area contributed by atoms with Gasteiger partial charge < -0.3 is 19.1 Å². The fourth-order valence-electron chi connectivity index (χ4n) is 5.00. The first kappa shape index (κ1) is 31.8. The standard InChI is InChI=1S/C33H35ClF3N3O4/c1-32(2,3)33(36,37)27-18-26(39-43-27)31-29(21-11-12-21)30(40-44-31)22(10-7-15-42-19-20-8-5-4-6-9-20)16-28(41)38-25-14-13-23(34)17-24(25)35/h4-6,8-9,13-14,17-18,21-22H,7,10-12,15-16,19H2,1-3H3,(H,38,41)/t22-/m0/s1. The highest BCUT2D eigenvalue weighted by atomic mass is 35.5. The van der Waals surface area contributed by atoms with Gasteiger partial charge in [-0.25, -0.2) is 4.39 Å². The van der Waals surface area contributed by atoms with E-state index in [1.807, 2.05) is 30.3 Å². The van der Waals surface area contributed by atoms with Crippen molar-refractivity contribution in [3.8, 4) is 11.5 Å². The lowest BCUT2D eigenvalue weighted by Gasteiger charge is -2.27. The van der Waals surface area contributed by atoms with E-state index in [0.717, 1.165) is 30.0 Å². The summed E-state index contributed by atoms with van der Waals surface area (Å²) >= 11 is 5.86. The molecule has 234 valence electrons. The van der Waals surface area contributed by atoms with Gasteiger partial charge in [-0.15, -0.1) is 0 Å². The number of alkyl halides is 2. The molecule has 1 atom stereocenters. The number of hydrogen-bond acceptors (Lipinski definition) is 6. The molecule has 2 aromatic heterocycles.